The summed E-state index contributed by atoms with van der Waals surface area (Å²) in [6.45, 7) is 2.60. The van der Waals surface area contributed by atoms with E-state index in [-0.39, 0.29) is 6.61 Å². The summed E-state index contributed by atoms with van der Waals surface area (Å²) in [6, 6.07) is 18.3. The molecule has 0 aromatic heterocycles. The highest BCUT2D eigenvalue weighted by Gasteiger charge is 2.14. The van der Waals surface area contributed by atoms with Crippen LogP contribution < -0.4 is 9.47 Å². The van der Waals surface area contributed by atoms with Gasteiger partial charge in [0.1, 0.15) is 6.61 Å². The fourth-order valence-electron chi connectivity index (χ4n) is 2.84. The predicted molar refractivity (Wildman–Crippen MR) is 131 cm³/mol. The maximum atomic E-state index is 9.62. The topological polar surface area (TPSA) is 42.2 Å². The minimum atomic E-state index is 0.248. The smallest absolute Gasteiger partial charge is 0.175 e. The normalized spacial score (nSPS) is 11.2. The van der Waals surface area contributed by atoms with E-state index in [4.69, 9.17) is 44.3 Å². The molecule has 0 N–H and O–H groups in total. The molecule has 3 rings (SSSR count). The Balaban J connectivity index is 1.92. The van der Waals surface area contributed by atoms with Gasteiger partial charge in [-0.25, -0.2) is 0 Å². The first-order valence-corrected chi connectivity index (χ1v) is 11.2. The van der Waals surface area contributed by atoms with E-state index >= 15 is 0 Å². The van der Waals surface area contributed by atoms with Crippen molar-refractivity contribution in [2.24, 2.45) is 0 Å². The van der Waals surface area contributed by atoms with E-state index in [9.17, 15) is 5.26 Å². The Hall–Kier alpha value is -2.16. The summed E-state index contributed by atoms with van der Waals surface area (Å²) in [5.41, 5.74) is 2.88. The fourth-order valence-corrected chi connectivity index (χ4v) is 4.00. The quantitative estimate of drug-likeness (QED) is 0.224. The molecule has 0 fully saturated rings. The van der Waals surface area contributed by atoms with Crippen LogP contribution in [0.3, 0.4) is 0 Å². The summed E-state index contributed by atoms with van der Waals surface area (Å²) in [7, 11) is 0. The van der Waals surface area contributed by atoms with Crippen molar-refractivity contribution in [1.82, 2.24) is 0 Å². The van der Waals surface area contributed by atoms with Gasteiger partial charge in [-0.1, -0.05) is 53.0 Å². The summed E-state index contributed by atoms with van der Waals surface area (Å²) in [6.07, 6.45) is 1.79. The Kier molecular flexibility index (Phi) is 8.28. The third kappa shape index (κ3) is 6.18. The Bertz CT molecular complexity index is 1150. The summed E-state index contributed by atoms with van der Waals surface area (Å²) in [4.78, 5) is 0. The molecule has 0 aliphatic carbocycles. The van der Waals surface area contributed by atoms with Crippen molar-refractivity contribution >= 4 is 62.4 Å². The molecule has 0 aliphatic rings. The van der Waals surface area contributed by atoms with Crippen LogP contribution in [0, 0.1) is 11.3 Å². The number of halogens is 4. The largest absolute Gasteiger partial charge is 0.490 e. The molecule has 0 bridgehead atoms. The molecule has 0 saturated carbocycles. The van der Waals surface area contributed by atoms with Crippen LogP contribution >= 0.6 is 50.7 Å². The van der Waals surface area contributed by atoms with Crippen molar-refractivity contribution in [3.63, 3.8) is 0 Å². The lowest BCUT2D eigenvalue weighted by atomic mass is 10.0. The highest BCUT2D eigenvalue weighted by Crippen LogP contribution is 2.39. The average Bonchev–Trinajstić information content (AvgIpc) is 2.73. The number of ether oxygens (including phenoxy) is 2. The molecule has 0 heterocycles. The summed E-state index contributed by atoms with van der Waals surface area (Å²) in [5.74, 6) is 1.11. The van der Waals surface area contributed by atoms with Crippen molar-refractivity contribution in [2.45, 2.75) is 13.5 Å². The molecule has 31 heavy (non-hydrogen) atoms. The van der Waals surface area contributed by atoms with Crippen molar-refractivity contribution in [1.29, 1.82) is 5.26 Å². The number of allylic oxidation sites excluding steroid dienone is 1. The molecule has 0 atom stereocenters. The van der Waals surface area contributed by atoms with Gasteiger partial charge in [-0.2, -0.15) is 5.26 Å². The number of benzene rings is 3. The lowest BCUT2D eigenvalue weighted by Gasteiger charge is -2.15. The first kappa shape index (κ1) is 23.5. The molecular weight excluding hydrogens is 521 g/mol. The molecule has 0 radical (unpaired) electrons. The van der Waals surface area contributed by atoms with Gasteiger partial charge in [-0.15, -0.1) is 0 Å². The van der Waals surface area contributed by atoms with E-state index in [0.717, 1.165) is 16.7 Å². The molecule has 0 aliphatic heterocycles. The molecule has 0 amide bonds. The zero-order valence-electron chi connectivity index (χ0n) is 16.5. The molecule has 0 saturated heterocycles. The molecular formula is C24H17BrCl3NO2. The van der Waals surface area contributed by atoms with Gasteiger partial charge in [0.15, 0.2) is 11.5 Å². The number of rotatable bonds is 7. The zero-order chi connectivity index (χ0) is 22.4. The van der Waals surface area contributed by atoms with Crippen molar-refractivity contribution in [2.75, 3.05) is 6.61 Å². The monoisotopic (exact) mass is 535 g/mol. The summed E-state index contributed by atoms with van der Waals surface area (Å²) >= 11 is 21.7. The van der Waals surface area contributed by atoms with E-state index in [0.29, 0.717) is 43.2 Å². The summed E-state index contributed by atoms with van der Waals surface area (Å²) in [5, 5.41) is 11.3. The van der Waals surface area contributed by atoms with Gasteiger partial charge in [0, 0.05) is 20.6 Å². The van der Waals surface area contributed by atoms with Crippen LogP contribution in [0.1, 0.15) is 23.6 Å². The van der Waals surface area contributed by atoms with E-state index in [1.165, 1.54) is 0 Å². The lowest BCUT2D eigenvalue weighted by molar-refractivity contribution is 0.267. The maximum absolute atomic E-state index is 9.62. The van der Waals surface area contributed by atoms with Crippen molar-refractivity contribution < 1.29 is 9.47 Å². The third-order valence-electron chi connectivity index (χ3n) is 4.31. The van der Waals surface area contributed by atoms with Crippen LogP contribution in [0.15, 0.2) is 59.1 Å². The first-order chi connectivity index (χ1) is 14.9. The molecule has 3 aromatic carbocycles. The Morgan fingerprint density at radius 2 is 1.71 bits per heavy atom. The Labute approximate surface area is 204 Å². The Morgan fingerprint density at radius 1 is 1.00 bits per heavy atom. The minimum absolute atomic E-state index is 0.248. The highest BCUT2D eigenvalue weighted by atomic mass is 79.9. The van der Waals surface area contributed by atoms with E-state index in [1.54, 1.807) is 30.3 Å². The number of nitriles is 1. The zero-order valence-corrected chi connectivity index (χ0v) is 20.3. The molecule has 0 spiro atoms. The van der Waals surface area contributed by atoms with Crippen LogP contribution in [-0.4, -0.2) is 6.61 Å². The second kappa shape index (κ2) is 10.9. The van der Waals surface area contributed by atoms with E-state index < -0.39 is 0 Å². The van der Waals surface area contributed by atoms with Gasteiger partial charge in [0.2, 0.25) is 0 Å². The van der Waals surface area contributed by atoms with E-state index in [2.05, 4.69) is 22.0 Å². The minimum Gasteiger partial charge on any atom is -0.490 e. The summed E-state index contributed by atoms with van der Waals surface area (Å²) < 4.78 is 12.5. The van der Waals surface area contributed by atoms with Crippen LogP contribution in [0.5, 0.6) is 11.5 Å². The highest BCUT2D eigenvalue weighted by molar-refractivity contribution is 9.10. The second-order valence-electron chi connectivity index (χ2n) is 6.46. The average molecular weight is 538 g/mol. The fraction of sp³-hybridized carbons (Fsp3) is 0.125. The molecule has 3 aromatic rings. The van der Waals surface area contributed by atoms with Gasteiger partial charge < -0.3 is 9.47 Å². The number of nitrogens with zero attached hydrogens (tertiary/aromatic N) is 1. The van der Waals surface area contributed by atoms with Gasteiger partial charge in [-0.3, -0.25) is 0 Å². The molecule has 158 valence electrons. The Morgan fingerprint density at radius 3 is 2.35 bits per heavy atom. The van der Waals surface area contributed by atoms with Gasteiger partial charge in [0.25, 0.3) is 0 Å². The van der Waals surface area contributed by atoms with Crippen LogP contribution in [0.25, 0.3) is 11.6 Å². The SMILES string of the molecule is CCOc1cc(C=C(C#N)c2ccc(Cl)cc2)cc(Br)c1OCc1ccc(Cl)cc1Cl. The van der Waals surface area contributed by atoms with Crippen LogP contribution in [0.4, 0.5) is 0 Å². The standard InChI is InChI=1S/C24H17BrCl3NO2/c1-2-30-23-11-15(9-18(13-29)16-3-6-19(26)7-4-16)10-21(25)24(23)31-14-17-5-8-20(27)12-22(17)28/h3-12H,2,14H2,1H3. The lowest BCUT2D eigenvalue weighted by Crippen LogP contribution is -2.01. The first-order valence-electron chi connectivity index (χ1n) is 9.32. The maximum Gasteiger partial charge on any atom is 0.175 e. The molecule has 3 nitrogen and oxygen atoms in total. The molecule has 0 unspecified atom stereocenters. The molecule has 7 heteroatoms. The van der Waals surface area contributed by atoms with Gasteiger partial charge in [-0.05, 0) is 76.5 Å². The second-order valence-corrected chi connectivity index (χ2v) is 8.60. The van der Waals surface area contributed by atoms with Crippen LogP contribution in [-0.2, 0) is 6.61 Å². The van der Waals surface area contributed by atoms with Crippen molar-refractivity contribution in [3.8, 4) is 17.6 Å². The predicted octanol–water partition coefficient (Wildman–Crippen LogP) is 8.45. The number of hydrogen-bond acceptors (Lipinski definition) is 3. The van der Waals surface area contributed by atoms with Gasteiger partial charge in [0.05, 0.1) is 22.7 Å². The van der Waals surface area contributed by atoms with Crippen molar-refractivity contribution in [3.05, 3.63) is 90.8 Å². The number of hydrogen-bond donors (Lipinski definition) is 0. The van der Waals surface area contributed by atoms with E-state index in [1.807, 2.05) is 37.3 Å². The van der Waals surface area contributed by atoms with Gasteiger partial charge >= 0.3 is 0 Å². The third-order valence-corrected chi connectivity index (χ3v) is 5.73. The van der Waals surface area contributed by atoms with Crippen LogP contribution in [0.2, 0.25) is 15.1 Å².